The molecule has 1 aliphatic heterocycles. The van der Waals surface area contributed by atoms with E-state index in [0.29, 0.717) is 13.2 Å². The zero-order chi connectivity index (χ0) is 6.69. The summed E-state index contributed by atoms with van der Waals surface area (Å²) in [5, 5.41) is 2.49. The van der Waals surface area contributed by atoms with Crippen LogP contribution in [0.25, 0.3) is 0 Å². The molecule has 0 aromatic heterocycles. The van der Waals surface area contributed by atoms with Crippen LogP contribution in [0.1, 0.15) is 6.42 Å². The van der Waals surface area contributed by atoms with Crippen LogP contribution in [-0.4, -0.2) is 25.0 Å². The second-order valence-electron chi connectivity index (χ2n) is 1.75. The number of cyclic esters (lactones) is 1. The van der Waals surface area contributed by atoms with Gasteiger partial charge in [-0.05, 0) is 0 Å². The van der Waals surface area contributed by atoms with E-state index in [9.17, 15) is 9.59 Å². The Labute approximate surface area is 52.2 Å². The van der Waals surface area contributed by atoms with E-state index in [2.05, 4.69) is 10.1 Å². The van der Waals surface area contributed by atoms with Crippen LogP contribution < -0.4 is 5.32 Å². The lowest BCUT2D eigenvalue weighted by Gasteiger charge is -1.93. The molecule has 0 saturated carbocycles. The Morgan fingerprint density at radius 2 is 2.22 bits per heavy atom. The summed E-state index contributed by atoms with van der Waals surface area (Å²) in [4.78, 5) is 20.9. The molecule has 1 heterocycles. The molecule has 4 nitrogen and oxygen atoms in total. The van der Waals surface area contributed by atoms with Crippen molar-refractivity contribution in [1.29, 1.82) is 0 Å². The Morgan fingerprint density at radius 3 is 3.00 bits per heavy atom. The predicted molar refractivity (Wildman–Crippen MR) is 28.6 cm³/mol. The summed E-state index contributed by atoms with van der Waals surface area (Å²) in [6.07, 6.45) is -0.139. The standard InChI is InChI=1S/C5H7NO3/c7-4-3-5(8)9-2-1-6-4/h1-3H2,(H,6,7). The molecular weight excluding hydrogens is 122 g/mol. The molecule has 50 valence electrons. The zero-order valence-corrected chi connectivity index (χ0v) is 4.85. The maximum absolute atomic E-state index is 10.5. The normalized spacial score (nSPS) is 20.0. The zero-order valence-electron chi connectivity index (χ0n) is 4.85. The Bertz CT molecular complexity index is 127. The van der Waals surface area contributed by atoms with Crippen LogP contribution in [0.3, 0.4) is 0 Å². The van der Waals surface area contributed by atoms with Crippen molar-refractivity contribution in [3.8, 4) is 0 Å². The van der Waals surface area contributed by atoms with Gasteiger partial charge in [0.05, 0.1) is 6.54 Å². The van der Waals surface area contributed by atoms with E-state index in [4.69, 9.17) is 0 Å². The number of nitrogens with one attached hydrogen (secondary N) is 1. The van der Waals surface area contributed by atoms with E-state index in [1.165, 1.54) is 0 Å². The molecule has 1 rings (SSSR count). The summed E-state index contributed by atoms with van der Waals surface area (Å²) in [6.45, 7) is 0.731. The highest BCUT2D eigenvalue weighted by Crippen LogP contribution is 1.89. The number of carbonyl (C=O) groups excluding carboxylic acids is 2. The van der Waals surface area contributed by atoms with Gasteiger partial charge in [-0.2, -0.15) is 0 Å². The van der Waals surface area contributed by atoms with E-state index in [1.807, 2.05) is 0 Å². The molecule has 1 amide bonds. The van der Waals surface area contributed by atoms with Crippen LogP contribution in [0.5, 0.6) is 0 Å². The fourth-order valence-electron chi connectivity index (χ4n) is 0.600. The molecule has 0 atom stereocenters. The number of ether oxygens (including phenoxy) is 1. The number of amides is 1. The van der Waals surface area contributed by atoms with Crippen LogP contribution in [0.4, 0.5) is 0 Å². The van der Waals surface area contributed by atoms with Crippen molar-refractivity contribution in [3.05, 3.63) is 0 Å². The maximum atomic E-state index is 10.5. The highest BCUT2D eigenvalue weighted by Gasteiger charge is 2.13. The largest absolute Gasteiger partial charge is 0.463 e. The molecular formula is C5H7NO3. The van der Waals surface area contributed by atoms with Crippen molar-refractivity contribution >= 4 is 11.9 Å². The van der Waals surface area contributed by atoms with Gasteiger partial charge >= 0.3 is 5.97 Å². The molecule has 0 bridgehead atoms. The Hall–Kier alpha value is -1.06. The average Bonchev–Trinajstić information content (AvgIpc) is 1.93. The topological polar surface area (TPSA) is 55.4 Å². The summed E-state index contributed by atoms with van der Waals surface area (Å²) in [5.41, 5.74) is 0. The lowest BCUT2D eigenvalue weighted by atomic mass is 10.4. The SMILES string of the molecule is O=C1CC(=O)OCCN1. The summed E-state index contributed by atoms with van der Waals surface area (Å²) < 4.78 is 4.55. The van der Waals surface area contributed by atoms with Gasteiger partial charge in [-0.25, -0.2) is 0 Å². The van der Waals surface area contributed by atoms with Crippen molar-refractivity contribution in [1.82, 2.24) is 5.32 Å². The number of esters is 1. The number of carbonyl (C=O) groups is 2. The molecule has 1 saturated heterocycles. The van der Waals surface area contributed by atoms with Crippen LogP contribution in [0.2, 0.25) is 0 Å². The maximum Gasteiger partial charge on any atom is 0.315 e. The molecule has 0 aromatic rings. The first kappa shape index (κ1) is 6.07. The van der Waals surface area contributed by atoms with E-state index < -0.39 is 5.97 Å². The minimum Gasteiger partial charge on any atom is -0.463 e. The fourth-order valence-corrected chi connectivity index (χ4v) is 0.600. The second-order valence-corrected chi connectivity index (χ2v) is 1.75. The lowest BCUT2D eigenvalue weighted by molar-refractivity contribution is -0.144. The molecule has 1 fully saturated rings. The van der Waals surface area contributed by atoms with Crippen LogP contribution in [0, 0.1) is 0 Å². The summed E-state index contributed by atoms with van der Waals surface area (Å²) in [6, 6.07) is 0. The minimum absolute atomic E-state index is 0.139. The minimum atomic E-state index is -0.440. The molecule has 4 heteroatoms. The summed E-state index contributed by atoms with van der Waals surface area (Å²) >= 11 is 0. The third-order valence-electron chi connectivity index (χ3n) is 0.992. The predicted octanol–water partition coefficient (Wildman–Crippen LogP) is -0.951. The van der Waals surface area contributed by atoms with Crippen LogP contribution >= 0.6 is 0 Å². The summed E-state index contributed by atoms with van der Waals surface area (Å²) in [7, 11) is 0. The second kappa shape index (κ2) is 2.48. The first-order chi connectivity index (χ1) is 4.29. The fraction of sp³-hybridized carbons (Fsp3) is 0.600. The average molecular weight is 129 g/mol. The van der Waals surface area contributed by atoms with Gasteiger partial charge in [0.25, 0.3) is 0 Å². The van der Waals surface area contributed by atoms with Gasteiger partial charge < -0.3 is 10.1 Å². The Balaban J connectivity index is 2.47. The Morgan fingerprint density at radius 1 is 1.44 bits per heavy atom. The highest BCUT2D eigenvalue weighted by molar-refractivity contribution is 5.94. The molecule has 0 unspecified atom stereocenters. The van der Waals surface area contributed by atoms with Crippen LogP contribution in [0.15, 0.2) is 0 Å². The van der Waals surface area contributed by atoms with Gasteiger partial charge in [0.15, 0.2) is 0 Å². The van der Waals surface area contributed by atoms with Crippen molar-refractivity contribution in [3.63, 3.8) is 0 Å². The van der Waals surface area contributed by atoms with Gasteiger partial charge in [0.2, 0.25) is 5.91 Å². The van der Waals surface area contributed by atoms with Crippen molar-refractivity contribution in [2.75, 3.05) is 13.2 Å². The first-order valence-electron chi connectivity index (χ1n) is 2.71. The number of hydrogen-bond donors (Lipinski definition) is 1. The molecule has 0 spiro atoms. The van der Waals surface area contributed by atoms with E-state index in [0.717, 1.165) is 0 Å². The third kappa shape index (κ3) is 1.71. The monoisotopic (exact) mass is 129 g/mol. The van der Waals surface area contributed by atoms with Crippen LogP contribution in [-0.2, 0) is 14.3 Å². The smallest absolute Gasteiger partial charge is 0.315 e. The molecule has 9 heavy (non-hydrogen) atoms. The Kier molecular flexibility index (Phi) is 1.67. The number of hydrogen-bond acceptors (Lipinski definition) is 3. The van der Waals surface area contributed by atoms with Crippen molar-refractivity contribution < 1.29 is 14.3 Å². The molecule has 1 aliphatic rings. The number of rotatable bonds is 0. The van der Waals surface area contributed by atoms with Gasteiger partial charge in [-0.1, -0.05) is 0 Å². The van der Waals surface area contributed by atoms with Gasteiger partial charge in [-0.15, -0.1) is 0 Å². The van der Waals surface area contributed by atoms with Gasteiger partial charge in [0.1, 0.15) is 13.0 Å². The highest BCUT2D eigenvalue weighted by atomic mass is 16.5. The quantitative estimate of drug-likeness (QED) is 0.339. The van der Waals surface area contributed by atoms with Gasteiger partial charge in [-0.3, -0.25) is 9.59 Å². The third-order valence-corrected chi connectivity index (χ3v) is 0.992. The molecule has 0 radical (unpaired) electrons. The molecule has 0 aromatic carbocycles. The van der Waals surface area contributed by atoms with E-state index >= 15 is 0 Å². The van der Waals surface area contributed by atoms with Crippen molar-refractivity contribution in [2.24, 2.45) is 0 Å². The molecule has 0 aliphatic carbocycles. The first-order valence-corrected chi connectivity index (χ1v) is 2.71. The van der Waals surface area contributed by atoms with Gasteiger partial charge in [0, 0.05) is 0 Å². The van der Waals surface area contributed by atoms with Crippen molar-refractivity contribution in [2.45, 2.75) is 6.42 Å². The van der Waals surface area contributed by atoms with E-state index in [-0.39, 0.29) is 12.3 Å². The summed E-state index contributed by atoms with van der Waals surface area (Å²) in [5.74, 6) is -0.692. The van der Waals surface area contributed by atoms with E-state index in [1.54, 1.807) is 0 Å². The lowest BCUT2D eigenvalue weighted by Crippen LogP contribution is -2.23. The molecule has 1 N–H and O–H groups in total.